The number of amides is 3. The zero-order valence-electron chi connectivity index (χ0n) is 16.4. The van der Waals surface area contributed by atoms with Crippen LogP contribution in [0, 0.1) is 0 Å². The first-order chi connectivity index (χ1) is 13.9. The van der Waals surface area contributed by atoms with E-state index >= 15 is 0 Å². The van der Waals surface area contributed by atoms with Crippen LogP contribution >= 0.6 is 11.6 Å². The second-order valence-electron chi connectivity index (χ2n) is 7.01. The van der Waals surface area contributed by atoms with E-state index in [0.717, 1.165) is 11.1 Å². The molecule has 1 aliphatic heterocycles. The fourth-order valence-electron chi connectivity index (χ4n) is 2.85. The van der Waals surface area contributed by atoms with Crippen LogP contribution in [0.2, 0.25) is 5.02 Å². The Morgan fingerprint density at radius 1 is 1.07 bits per heavy atom. The second kappa shape index (κ2) is 9.52. The lowest BCUT2D eigenvalue weighted by molar-refractivity contribution is -0.120. The molecule has 2 aromatic rings. The lowest BCUT2D eigenvalue weighted by Gasteiger charge is -2.20. The van der Waals surface area contributed by atoms with Crippen LogP contribution in [-0.4, -0.2) is 31.2 Å². The molecule has 0 bridgehead atoms. The van der Waals surface area contributed by atoms with E-state index in [1.165, 1.54) is 0 Å². The molecule has 0 spiro atoms. The standard InChI is InChI=1S/C21H24ClN3O4/c1-13(2)24-21(27)25-16-5-3-14(4-6-16)12-23-19(26)11-15-9-17(22)20-18(10-15)28-7-8-29-20/h3-6,9-10,13H,7-8,11-12H2,1-2H3,(H,23,26)(H2,24,25,27). The molecule has 1 heterocycles. The van der Waals surface area contributed by atoms with Crippen molar-refractivity contribution in [3.63, 3.8) is 0 Å². The number of carbonyl (C=O) groups excluding carboxylic acids is 2. The maximum absolute atomic E-state index is 12.3. The summed E-state index contributed by atoms with van der Waals surface area (Å²) in [7, 11) is 0. The number of rotatable bonds is 6. The molecule has 0 saturated carbocycles. The van der Waals surface area contributed by atoms with Crippen molar-refractivity contribution in [1.82, 2.24) is 10.6 Å². The van der Waals surface area contributed by atoms with Gasteiger partial charge in [0.1, 0.15) is 13.2 Å². The second-order valence-corrected chi connectivity index (χ2v) is 7.41. The SMILES string of the molecule is CC(C)NC(=O)Nc1ccc(CNC(=O)Cc2cc(Cl)c3c(c2)OCCO3)cc1. The molecule has 0 aliphatic carbocycles. The minimum absolute atomic E-state index is 0.0635. The van der Waals surface area contributed by atoms with Crippen LogP contribution < -0.4 is 25.4 Å². The molecule has 0 aromatic heterocycles. The quantitative estimate of drug-likeness (QED) is 0.671. The van der Waals surface area contributed by atoms with Gasteiger partial charge >= 0.3 is 6.03 Å². The van der Waals surface area contributed by atoms with Gasteiger partial charge in [0.15, 0.2) is 11.5 Å². The molecule has 3 rings (SSSR count). The van der Waals surface area contributed by atoms with Gasteiger partial charge in [-0.2, -0.15) is 0 Å². The molecule has 0 atom stereocenters. The molecule has 0 saturated heterocycles. The zero-order chi connectivity index (χ0) is 20.8. The van der Waals surface area contributed by atoms with Crippen molar-refractivity contribution in [2.24, 2.45) is 0 Å². The zero-order valence-corrected chi connectivity index (χ0v) is 17.1. The van der Waals surface area contributed by atoms with Gasteiger partial charge in [-0.1, -0.05) is 23.7 Å². The Balaban J connectivity index is 1.50. The topological polar surface area (TPSA) is 88.7 Å². The molecule has 0 fully saturated rings. The number of ether oxygens (including phenoxy) is 2. The van der Waals surface area contributed by atoms with Crippen molar-refractivity contribution >= 4 is 29.2 Å². The van der Waals surface area contributed by atoms with Crippen molar-refractivity contribution in [2.75, 3.05) is 18.5 Å². The highest BCUT2D eigenvalue weighted by Crippen LogP contribution is 2.38. The third-order valence-corrected chi connectivity index (χ3v) is 4.42. The smallest absolute Gasteiger partial charge is 0.319 e. The van der Waals surface area contributed by atoms with Crippen molar-refractivity contribution in [3.8, 4) is 11.5 Å². The van der Waals surface area contributed by atoms with Crippen molar-refractivity contribution in [2.45, 2.75) is 32.9 Å². The molecule has 154 valence electrons. The summed E-state index contributed by atoms with van der Waals surface area (Å²) in [5.74, 6) is 0.963. The lowest BCUT2D eigenvalue weighted by Crippen LogP contribution is -2.34. The van der Waals surface area contributed by atoms with Gasteiger partial charge in [0.05, 0.1) is 11.4 Å². The maximum atomic E-state index is 12.3. The van der Waals surface area contributed by atoms with E-state index in [-0.39, 0.29) is 24.4 Å². The molecule has 1 aliphatic rings. The Morgan fingerprint density at radius 2 is 1.79 bits per heavy atom. The lowest BCUT2D eigenvalue weighted by atomic mass is 10.1. The predicted octanol–water partition coefficient (Wildman–Crippen LogP) is 3.50. The van der Waals surface area contributed by atoms with Crippen LogP contribution in [0.4, 0.5) is 10.5 Å². The van der Waals surface area contributed by atoms with Gasteiger partial charge in [-0.15, -0.1) is 0 Å². The normalized spacial score (nSPS) is 12.4. The number of benzene rings is 2. The van der Waals surface area contributed by atoms with Crippen molar-refractivity contribution in [3.05, 3.63) is 52.5 Å². The molecule has 2 aromatic carbocycles. The van der Waals surface area contributed by atoms with Crippen molar-refractivity contribution < 1.29 is 19.1 Å². The summed E-state index contributed by atoms with van der Waals surface area (Å²) in [5, 5.41) is 8.83. The molecule has 29 heavy (non-hydrogen) atoms. The first-order valence-corrected chi connectivity index (χ1v) is 9.79. The van der Waals surface area contributed by atoms with E-state index in [0.29, 0.717) is 42.0 Å². The number of nitrogens with one attached hydrogen (secondary N) is 3. The van der Waals surface area contributed by atoms with Crippen LogP contribution in [0.5, 0.6) is 11.5 Å². The molecule has 0 unspecified atom stereocenters. The van der Waals surface area contributed by atoms with Gasteiger partial charge in [-0.05, 0) is 49.2 Å². The Labute approximate surface area is 174 Å². The predicted molar refractivity (Wildman–Crippen MR) is 112 cm³/mol. The van der Waals surface area contributed by atoms with Crippen LogP contribution in [-0.2, 0) is 17.8 Å². The Hall–Kier alpha value is -2.93. The summed E-state index contributed by atoms with van der Waals surface area (Å²) in [4.78, 5) is 24.0. The molecule has 7 nitrogen and oxygen atoms in total. The van der Waals surface area contributed by atoms with E-state index in [1.54, 1.807) is 24.3 Å². The number of hydrogen-bond donors (Lipinski definition) is 3. The number of urea groups is 1. The third kappa shape index (κ3) is 6.02. The van der Waals surface area contributed by atoms with Gasteiger partial charge in [0.2, 0.25) is 5.91 Å². The highest BCUT2D eigenvalue weighted by molar-refractivity contribution is 6.32. The van der Waals surface area contributed by atoms with Crippen LogP contribution in [0.3, 0.4) is 0 Å². The molecule has 3 amide bonds. The van der Waals surface area contributed by atoms with E-state index in [1.807, 2.05) is 26.0 Å². The van der Waals surface area contributed by atoms with E-state index in [4.69, 9.17) is 21.1 Å². The average Bonchev–Trinajstić information content (AvgIpc) is 2.67. The maximum Gasteiger partial charge on any atom is 0.319 e. The first kappa shape index (κ1) is 20.8. The fraction of sp³-hybridized carbons (Fsp3) is 0.333. The van der Waals surface area contributed by atoms with E-state index in [2.05, 4.69) is 16.0 Å². The highest BCUT2D eigenvalue weighted by atomic mass is 35.5. The van der Waals surface area contributed by atoms with Gasteiger partial charge in [0.25, 0.3) is 0 Å². The molecular formula is C21H24ClN3O4. The Bertz CT molecular complexity index is 884. The van der Waals surface area contributed by atoms with Crippen LogP contribution in [0.1, 0.15) is 25.0 Å². The summed E-state index contributed by atoms with van der Waals surface area (Å²) >= 11 is 6.21. The molecule has 3 N–H and O–H groups in total. The number of carbonyl (C=O) groups is 2. The molecule has 0 radical (unpaired) electrons. The Morgan fingerprint density at radius 3 is 2.52 bits per heavy atom. The summed E-state index contributed by atoms with van der Waals surface area (Å²) < 4.78 is 11.0. The fourth-order valence-corrected chi connectivity index (χ4v) is 3.14. The third-order valence-electron chi connectivity index (χ3n) is 4.14. The van der Waals surface area contributed by atoms with Gasteiger partial charge in [0, 0.05) is 18.3 Å². The van der Waals surface area contributed by atoms with Gasteiger partial charge in [-0.25, -0.2) is 4.79 Å². The number of halogens is 1. The van der Waals surface area contributed by atoms with E-state index < -0.39 is 0 Å². The van der Waals surface area contributed by atoms with Crippen LogP contribution in [0.25, 0.3) is 0 Å². The first-order valence-electron chi connectivity index (χ1n) is 9.42. The number of anilines is 1. The monoisotopic (exact) mass is 417 g/mol. The van der Waals surface area contributed by atoms with Crippen LogP contribution in [0.15, 0.2) is 36.4 Å². The summed E-state index contributed by atoms with van der Waals surface area (Å²) in [6, 6.07) is 10.6. The number of hydrogen-bond acceptors (Lipinski definition) is 4. The van der Waals surface area contributed by atoms with Gasteiger partial charge < -0.3 is 25.4 Å². The summed E-state index contributed by atoms with van der Waals surface area (Å²) in [5.41, 5.74) is 2.37. The highest BCUT2D eigenvalue weighted by Gasteiger charge is 2.17. The average molecular weight is 418 g/mol. The molecule has 8 heteroatoms. The minimum atomic E-state index is -0.251. The summed E-state index contributed by atoms with van der Waals surface area (Å²) in [6.07, 6.45) is 0.186. The largest absolute Gasteiger partial charge is 0.486 e. The van der Waals surface area contributed by atoms with Crippen molar-refractivity contribution in [1.29, 1.82) is 0 Å². The summed E-state index contributed by atoms with van der Waals surface area (Å²) in [6.45, 7) is 5.09. The van der Waals surface area contributed by atoms with Gasteiger partial charge in [-0.3, -0.25) is 4.79 Å². The molecular weight excluding hydrogens is 394 g/mol. The van der Waals surface area contributed by atoms with E-state index in [9.17, 15) is 9.59 Å². The number of fused-ring (bicyclic) bond motifs is 1. The minimum Gasteiger partial charge on any atom is -0.486 e. The Kier molecular flexibility index (Phi) is 6.82.